The van der Waals surface area contributed by atoms with E-state index in [1.807, 2.05) is 12.1 Å². The van der Waals surface area contributed by atoms with Gasteiger partial charge in [-0.15, -0.1) is 0 Å². The highest BCUT2D eigenvalue weighted by Gasteiger charge is 2.22. The Balaban J connectivity index is 1.27. The summed E-state index contributed by atoms with van der Waals surface area (Å²) in [5.74, 6) is -0.242. The third-order valence-corrected chi connectivity index (χ3v) is 5.71. The van der Waals surface area contributed by atoms with Crippen LogP contribution in [0.1, 0.15) is 0 Å². The second kappa shape index (κ2) is 10.6. The monoisotopic (exact) mass is 502 g/mol. The molecule has 3 aromatic rings. The van der Waals surface area contributed by atoms with Crippen molar-refractivity contribution in [1.29, 1.82) is 0 Å². The highest BCUT2D eigenvalue weighted by atomic mass is 35.5. The normalized spacial score (nSPS) is 13.4. The minimum Gasteiger partial charge on any atom is -0.368 e. The lowest BCUT2D eigenvalue weighted by atomic mass is 10.2. The maximum absolute atomic E-state index is 13.7. The fraction of sp³-hybridized carbons (Fsp3) is 0.174. The first kappa shape index (κ1) is 23.6. The molecule has 1 aliphatic heterocycles. The molecule has 0 atom stereocenters. The van der Waals surface area contributed by atoms with E-state index in [4.69, 9.17) is 23.2 Å². The van der Waals surface area contributed by atoms with Crippen LogP contribution >= 0.6 is 23.2 Å². The molecule has 0 aliphatic carbocycles. The van der Waals surface area contributed by atoms with Crippen LogP contribution < -0.4 is 20.9 Å². The molecule has 2 aromatic carbocycles. The lowest BCUT2D eigenvalue weighted by Gasteiger charge is -2.36. The van der Waals surface area contributed by atoms with E-state index in [0.717, 1.165) is 5.69 Å². The molecule has 1 aromatic heterocycles. The number of carbonyl (C=O) groups excluding carboxylic acids is 2. The van der Waals surface area contributed by atoms with Gasteiger partial charge in [-0.2, -0.15) is 0 Å². The van der Waals surface area contributed by atoms with Gasteiger partial charge < -0.3 is 20.4 Å². The lowest BCUT2D eigenvalue weighted by molar-refractivity contribution is 0.208. The zero-order valence-electron chi connectivity index (χ0n) is 17.9. The number of piperazine rings is 1. The lowest BCUT2D eigenvalue weighted by Crippen LogP contribution is -2.50. The van der Waals surface area contributed by atoms with Crippen LogP contribution in [0.3, 0.4) is 0 Å². The zero-order chi connectivity index (χ0) is 24.1. The quantitative estimate of drug-likeness (QED) is 0.437. The molecular weight excluding hydrogens is 482 g/mol. The third-order valence-electron chi connectivity index (χ3n) is 5.21. The van der Waals surface area contributed by atoms with Gasteiger partial charge in [-0.1, -0.05) is 35.3 Å². The number of amides is 4. The average Bonchev–Trinajstić information content (AvgIpc) is 2.83. The Kier molecular flexibility index (Phi) is 7.34. The van der Waals surface area contributed by atoms with E-state index in [-0.39, 0.29) is 22.6 Å². The SMILES string of the molecule is O=C(Nc1ccc(N2CCN(C(=O)Nc3ncc(Cl)cc3Cl)CC2)cc1)Nc1ccccc1F. The summed E-state index contributed by atoms with van der Waals surface area (Å²) in [6.07, 6.45) is 1.42. The number of aromatic nitrogens is 1. The summed E-state index contributed by atoms with van der Waals surface area (Å²) >= 11 is 11.9. The molecule has 8 nitrogen and oxygen atoms in total. The molecule has 3 N–H and O–H groups in total. The molecule has 2 heterocycles. The van der Waals surface area contributed by atoms with Gasteiger partial charge in [-0.05, 0) is 42.5 Å². The Morgan fingerprint density at radius 3 is 2.29 bits per heavy atom. The van der Waals surface area contributed by atoms with Crippen LogP contribution in [0.4, 0.5) is 36.9 Å². The number of halogens is 3. The number of nitrogens with one attached hydrogen (secondary N) is 3. The van der Waals surface area contributed by atoms with Crippen molar-refractivity contribution >= 4 is 58.1 Å². The van der Waals surface area contributed by atoms with Crippen LogP contribution in [0, 0.1) is 5.82 Å². The van der Waals surface area contributed by atoms with Gasteiger partial charge in [0.2, 0.25) is 0 Å². The number of carbonyl (C=O) groups is 2. The van der Waals surface area contributed by atoms with Crippen LogP contribution in [0.15, 0.2) is 60.8 Å². The van der Waals surface area contributed by atoms with Crippen LogP contribution in [0.25, 0.3) is 0 Å². The van der Waals surface area contributed by atoms with Gasteiger partial charge >= 0.3 is 12.1 Å². The number of para-hydroxylation sites is 1. The van der Waals surface area contributed by atoms with E-state index in [0.29, 0.717) is 36.9 Å². The van der Waals surface area contributed by atoms with E-state index < -0.39 is 11.8 Å². The maximum atomic E-state index is 13.7. The molecule has 11 heteroatoms. The van der Waals surface area contributed by atoms with E-state index in [1.165, 1.54) is 24.4 Å². The Morgan fingerprint density at radius 2 is 1.62 bits per heavy atom. The summed E-state index contributed by atoms with van der Waals surface area (Å²) in [4.78, 5) is 32.5. The topological polar surface area (TPSA) is 89.6 Å². The maximum Gasteiger partial charge on any atom is 0.323 e. The molecule has 0 spiro atoms. The van der Waals surface area contributed by atoms with Crippen molar-refractivity contribution in [2.24, 2.45) is 0 Å². The smallest absolute Gasteiger partial charge is 0.323 e. The van der Waals surface area contributed by atoms with Crippen LogP contribution in [-0.4, -0.2) is 48.1 Å². The zero-order valence-corrected chi connectivity index (χ0v) is 19.4. The number of nitrogens with zero attached hydrogens (tertiary/aromatic N) is 3. The van der Waals surface area contributed by atoms with Gasteiger partial charge in [0, 0.05) is 43.8 Å². The van der Waals surface area contributed by atoms with Crippen molar-refractivity contribution in [1.82, 2.24) is 9.88 Å². The Hall–Kier alpha value is -3.56. The average molecular weight is 503 g/mol. The van der Waals surface area contributed by atoms with E-state index in [2.05, 4.69) is 25.8 Å². The summed E-state index contributed by atoms with van der Waals surface area (Å²) in [6, 6.07) is 14.0. The summed E-state index contributed by atoms with van der Waals surface area (Å²) in [5, 5.41) is 8.53. The number of hydrogen-bond acceptors (Lipinski definition) is 4. The first-order valence-corrected chi connectivity index (χ1v) is 11.2. The highest BCUT2D eigenvalue weighted by molar-refractivity contribution is 6.36. The molecule has 0 unspecified atom stereocenters. The number of benzene rings is 2. The van der Waals surface area contributed by atoms with Crippen molar-refractivity contribution in [3.05, 3.63) is 76.7 Å². The van der Waals surface area contributed by atoms with E-state index in [1.54, 1.807) is 29.2 Å². The summed E-state index contributed by atoms with van der Waals surface area (Å²) < 4.78 is 13.7. The molecule has 0 saturated carbocycles. The molecule has 176 valence electrons. The molecule has 4 amide bonds. The predicted molar refractivity (Wildman–Crippen MR) is 133 cm³/mol. The Morgan fingerprint density at radius 1 is 0.912 bits per heavy atom. The molecule has 4 rings (SSSR count). The van der Waals surface area contributed by atoms with Gasteiger partial charge in [-0.3, -0.25) is 5.32 Å². The minimum absolute atomic E-state index is 0.104. The highest BCUT2D eigenvalue weighted by Crippen LogP contribution is 2.24. The van der Waals surface area contributed by atoms with Crippen molar-refractivity contribution in [2.45, 2.75) is 0 Å². The Labute approximate surface area is 205 Å². The van der Waals surface area contributed by atoms with Crippen molar-refractivity contribution in [3.8, 4) is 0 Å². The molecule has 34 heavy (non-hydrogen) atoms. The first-order chi connectivity index (χ1) is 16.4. The second-order valence-corrected chi connectivity index (χ2v) is 8.34. The second-order valence-electron chi connectivity index (χ2n) is 7.49. The van der Waals surface area contributed by atoms with E-state index >= 15 is 0 Å². The molecule has 1 aliphatic rings. The summed E-state index contributed by atoms with van der Waals surface area (Å²) in [6.45, 7) is 2.30. The number of rotatable bonds is 4. The number of anilines is 4. The third kappa shape index (κ3) is 5.86. The fourth-order valence-corrected chi connectivity index (χ4v) is 3.88. The van der Waals surface area contributed by atoms with Gasteiger partial charge in [0.1, 0.15) is 5.82 Å². The van der Waals surface area contributed by atoms with Crippen molar-refractivity contribution < 1.29 is 14.0 Å². The molecule has 1 fully saturated rings. The Bertz CT molecular complexity index is 1190. The molecule has 1 saturated heterocycles. The largest absolute Gasteiger partial charge is 0.368 e. The van der Waals surface area contributed by atoms with Gasteiger partial charge in [-0.25, -0.2) is 19.0 Å². The number of pyridine rings is 1. The van der Waals surface area contributed by atoms with Crippen molar-refractivity contribution in [3.63, 3.8) is 0 Å². The van der Waals surface area contributed by atoms with Crippen LogP contribution in [-0.2, 0) is 0 Å². The first-order valence-electron chi connectivity index (χ1n) is 10.4. The molecule has 0 radical (unpaired) electrons. The number of urea groups is 2. The van der Waals surface area contributed by atoms with E-state index in [9.17, 15) is 14.0 Å². The fourth-order valence-electron chi connectivity index (χ4n) is 3.46. The predicted octanol–water partition coefficient (Wildman–Crippen LogP) is 5.53. The van der Waals surface area contributed by atoms with Crippen molar-refractivity contribution in [2.75, 3.05) is 47.0 Å². The minimum atomic E-state index is -0.534. The molecular formula is C23H21Cl2FN6O2. The number of hydrogen-bond donors (Lipinski definition) is 3. The van der Waals surface area contributed by atoms with Gasteiger partial charge in [0.05, 0.1) is 15.7 Å². The van der Waals surface area contributed by atoms with Crippen LogP contribution in [0.5, 0.6) is 0 Å². The van der Waals surface area contributed by atoms with Crippen LogP contribution in [0.2, 0.25) is 10.0 Å². The molecule has 0 bridgehead atoms. The standard InChI is InChI=1S/C23H21Cl2FN6O2/c24-15-13-18(25)21(27-14-15)30-23(34)32-11-9-31(10-12-32)17-7-5-16(6-8-17)28-22(33)29-20-4-2-1-3-19(20)26/h1-8,13-14H,9-12H2,(H,27,30,34)(H2,28,29,33). The summed E-state index contributed by atoms with van der Waals surface area (Å²) in [7, 11) is 0. The van der Waals surface area contributed by atoms with Gasteiger partial charge in [0.15, 0.2) is 5.82 Å². The summed E-state index contributed by atoms with van der Waals surface area (Å²) in [5.41, 5.74) is 1.64. The van der Waals surface area contributed by atoms with Gasteiger partial charge in [0.25, 0.3) is 0 Å².